The first-order chi connectivity index (χ1) is 19.1. The highest BCUT2D eigenvalue weighted by Crippen LogP contribution is 2.44. The van der Waals surface area contributed by atoms with E-state index in [0.717, 1.165) is 52.4 Å². The zero-order valence-electron chi connectivity index (χ0n) is 24.4. The molecular formula is C33H39N3O3Si. The first kappa shape index (κ1) is 26.8. The van der Waals surface area contributed by atoms with Gasteiger partial charge in [-0.25, -0.2) is 0 Å². The number of aryl methyl sites for hydroxylation is 2. The van der Waals surface area contributed by atoms with E-state index in [2.05, 4.69) is 86.9 Å². The number of H-pyrrole nitrogens is 1. The van der Waals surface area contributed by atoms with Crippen molar-refractivity contribution in [3.8, 4) is 0 Å². The van der Waals surface area contributed by atoms with E-state index < -0.39 is 8.32 Å². The molecule has 2 aliphatic heterocycles. The third-order valence-corrected chi connectivity index (χ3v) is 15.3. The van der Waals surface area contributed by atoms with Crippen LogP contribution in [-0.2, 0) is 33.6 Å². The van der Waals surface area contributed by atoms with E-state index in [1.165, 1.54) is 11.1 Å². The molecule has 7 heteroatoms. The van der Waals surface area contributed by atoms with Crippen molar-refractivity contribution in [3.05, 3.63) is 71.0 Å². The van der Waals surface area contributed by atoms with Gasteiger partial charge in [-0.1, -0.05) is 77.9 Å². The van der Waals surface area contributed by atoms with Crippen LogP contribution in [0.4, 0.5) is 0 Å². The minimum Gasteiger partial charge on any atom is -0.412 e. The fourth-order valence-corrected chi connectivity index (χ4v) is 13.1. The van der Waals surface area contributed by atoms with Crippen LogP contribution < -0.4 is 5.32 Å². The zero-order valence-corrected chi connectivity index (χ0v) is 25.4. The number of benzene rings is 2. The number of amides is 2. The Morgan fingerprint density at radius 3 is 2.23 bits per heavy atom. The summed E-state index contributed by atoms with van der Waals surface area (Å²) >= 11 is 0. The molecule has 0 unspecified atom stereocenters. The van der Waals surface area contributed by atoms with Gasteiger partial charge in [0.2, 0.25) is 8.32 Å². The highest BCUT2D eigenvalue weighted by Gasteiger charge is 2.45. The minimum atomic E-state index is -2.05. The first-order valence-corrected chi connectivity index (χ1v) is 16.7. The molecule has 4 heterocycles. The van der Waals surface area contributed by atoms with Gasteiger partial charge in [0, 0.05) is 46.4 Å². The number of aromatic amines is 1. The molecule has 2 amide bonds. The number of rotatable bonds is 8. The lowest BCUT2D eigenvalue weighted by Gasteiger charge is -2.42. The van der Waals surface area contributed by atoms with Crippen LogP contribution in [-0.4, -0.2) is 29.7 Å². The topological polar surface area (TPSA) is 76.1 Å². The number of para-hydroxylation sites is 2. The van der Waals surface area contributed by atoms with Crippen molar-refractivity contribution in [2.75, 3.05) is 0 Å². The Labute approximate surface area is 236 Å². The Bertz CT molecular complexity index is 1670. The van der Waals surface area contributed by atoms with Crippen LogP contribution in [0, 0.1) is 0 Å². The molecule has 0 spiro atoms. The number of carbonyl (C=O) groups excluding carboxylic acids is 2. The maximum absolute atomic E-state index is 13.3. The Morgan fingerprint density at radius 1 is 0.875 bits per heavy atom. The molecule has 0 radical (unpaired) electrons. The molecule has 208 valence electrons. The number of aromatic nitrogens is 2. The van der Waals surface area contributed by atoms with Crippen molar-refractivity contribution in [1.29, 1.82) is 0 Å². The van der Waals surface area contributed by atoms with Crippen molar-refractivity contribution < 1.29 is 14.0 Å². The highest BCUT2D eigenvalue weighted by atomic mass is 28.4. The predicted octanol–water partition coefficient (Wildman–Crippen LogP) is 7.33. The molecule has 0 saturated heterocycles. The number of fused-ring (bicyclic) bond motifs is 1. The van der Waals surface area contributed by atoms with E-state index in [0.29, 0.717) is 34.4 Å². The van der Waals surface area contributed by atoms with Crippen LogP contribution >= 0.6 is 0 Å². The van der Waals surface area contributed by atoms with E-state index in [1.807, 2.05) is 18.3 Å². The summed E-state index contributed by atoms with van der Waals surface area (Å²) in [5.41, 5.74) is 8.45. The van der Waals surface area contributed by atoms with Crippen molar-refractivity contribution in [2.24, 2.45) is 0 Å². The molecule has 0 saturated carbocycles. The number of nitrogens with one attached hydrogen (secondary N) is 2. The fourth-order valence-electron chi connectivity index (χ4n) is 7.67. The van der Waals surface area contributed by atoms with Crippen LogP contribution in [0.15, 0.2) is 48.8 Å². The Hall–Kier alpha value is -3.42. The summed E-state index contributed by atoms with van der Waals surface area (Å²) < 4.78 is 9.16. The van der Waals surface area contributed by atoms with Crippen LogP contribution in [0.1, 0.15) is 70.2 Å². The van der Waals surface area contributed by atoms with Gasteiger partial charge in [0.1, 0.15) is 0 Å². The van der Waals surface area contributed by atoms with Gasteiger partial charge in [-0.05, 0) is 35.0 Å². The Balaban J connectivity index is 1.47. The van der Waals surface area contributed by atoms with Crippen LogP contribution in [0.3, 0.4) is 0 Å². The fraction of sp³-hybridized carbons (Fsp3) is 0.394. The smallest absolute Gasteiger partial charge is 0.259 e. The lowest BCUT2D eigenvalue weighted by atomic mass is 9.94. The lowest BCUT2D eigenvalue weighted by molar-refractivity contribution is -0.122. The van der Waals surface area contributed by atoms with Gasteiger partial charge in [0.15, 0.2) is 0 Å². The normalized spacial score (nSPS) is 16.0. The monoisotopic (exact) mass is 553 g/mol. The number of imide groups is 1. The summed E-state index contributed by atoms with van der Waals surface area (Å²) in [6, 6.07) is 12.4. The van der Waals surface area contributed by atoms with E-state index in [-0.39, 0.29) is 11.8 Å². The molecule has 6 nitrogen and oxygen atoms in total. The second kappa shape index (κ2) is 9.89. The second-order valence-corrected chi connectivity index (χ2v) is 17.8. The maximum Gasteiger partial charge on any atom is 0.259 e. The largest absolute Gasteiger partial charge is 0.412 e. The van der Waals surface area contributed by atoms with E-state index in [1.54, 1.807) is 0 Å². The molecule has 4 aromatic rings. The second-order valence-electron chi connectivity index (χ2n) is 12.3. The summed E-state index contributed by atoms with van der Waals surface area (Å²) in [7, 11) is -2.05. The number of carbonyl (C=O) groups is 2. The SMILES string of the molecule is CC(C)[Si](OCc1cccc2c(C3=C(c4cn5c6c(cccc46)CCC5)C(=O)NC3=O)c[nH]c12)(C(C)C)C(C)C. The van der Waals surface area contributed by atoms with Gasteiger partial charge in [-0.2, -0.15) is 0 Å². The molecule has 2 aromatic carbocycles. The van der Waals surface area contributed by atoms with Crippen molar-refractivity contribution >= 4 is 53.1 Å². The molecule has 0 aliphatic carbocycles. The molecule has 2 aliphatic rings. The van der Waals surface area contributed by atoms with Gasteiger partial charge in [-0.3, -0.25) is 14.9 Å². The summed E-state index contributed by atoms with van der Waals surface area (Å²) in [6.45, 7) is 15.2. The first-order valence-electron chi connectivity index (χ1n) is 14.6. The van der Waals surface area contributed by atoms with Crippen LogP contribution in [0.2, 0.25) is 16.6 Å². The van der Waals surface area contributed by atoms with Crippen LogP contribution in [0.25, 0.3) is 33.0 Å². The van der Waals surface area contributed by atoms with Crippen molar-refractivity contribution in [1.82, 2.24) is 14.9 Å². The molecule has 6 rings (SSSR count). The summed E-state index contributed by atoms with van der Waals surface area (Å²) in [4.78, 5) is 30.1. The predicted molar refractivity (Wildman–Crippen MR) is 164 cm³/mol. The number of hydrogen-bond acceptors (Lipinski definition) is 3. The summed E-state index contributed by atoms with van der Waals surface area (Å²) in [5, 5.41) is 4.55. The molecule has 0 bridgehead atoms. The zero-order chi connectivity index (χ0) is 28.3. The van der Waals surface area contributed by atoms with Gasteiger partial charge in [-0.15, -0.1) is 0 Å². The highest BCUT2D eigenvalue weighted by molar-refractivity contribution is 6.77. The molecule has 0 fully saturated rings. The summed E-state index contributed by atoms with van der Waals surface area (Å²) in [5.74, 6) is -0.681. The Kier molecular flexibility index (Phi) is 6.62. The van der Waals surface area contributed by atoms with Gasteiger partial charge < -0.3 is 14.0 Å². The lowest BCUT2D eigenvalue weighted by Crippen LogP contribution is -2.47. The molecule has 2 aromatic heterocycles. The molecular weight excluding hydrogens is 514 g/mol. The van der Waals surface area contributed by atoms with E-state index in [4.69, 9.17) is 4.43 Å². The Morgan fingerprint density at radius 2 is 1.52 bits per heavy atom. The quantitative estimate of drug-likeness (QED) is 0.177. The third kappa shape index (κ3) is 3.93. The van der Waals surface area contributed by atoms with Gasteiger partial charge in [0.05, 0.1) is 28.8 Å². The average molecular weight is 554 g/mol. The average Bonchev–Trinajstić information content (AvgIpc) is 3.58. The molecule has 0 atom stereocenters. The van der Waals surface area contributed by atoms with Crippen LogP contribution in [0.5, 0.6) is 0 Å². The van der Waals surface area contributed by atoms with E-state index >= 15 is 0 Å². The molecule has 40 heavy (non-hydrogen) atoms. The molecule has 2 N–H and O–H groups in total. The van der Waals surface area contributed by atoms with Gasteiger partial charge in [0.25, 0.3) is 11.8 Å². The number of nitrogens with zero attached hydrogens (tertiary/aromatic N) is 1. The summed E-state index contributed by atoms with van der Waals surface area (Å²) in [6.07, 6.45) is 6.03. The van der Waals surface area contributed by atoms with Crippen molar-refractivity contribution in [2.45, 2.75) is 84.2 Å². The number of hydrogen-bond donors (Lipinski definition) is 2. The minimum absolute atomic E-state index is 0.334. The van der Waals surface area contributed by atoms with Crippen molar-refractivity contribution in [3.63, 3.8) is 0 Å². The third-order valence-electron chi connectivity index (χ3n) is 9.28. The maximum atomic E-state index is 13.3. The van der Waals surface area contributed by atoms with Gasteiger partial charge >= 0.3 is 0 Å². The standard InChI is InChI=1S/C33H39N3O3Si/c1-19(2)40(20(3)4,21(5)6)39-18-23-11-8-13-24-26(16-34-30(23)24)28-29(33(38)35-32(28)37)27-17-36-15-9-12-22-10-7-14-25(27)31(22)36/h7-8,10-11,13-14,16-17,19-21,34H,9,12,15,18H2,1-6H3,(H,35,37,38). The van der Waals surface area contributed by atoms with E-state index in [9.17, 15) is 9.59 Å².